The molecule has 1 aromatic carbocycles. The summed E-state index contributed by atoms with van der Waals surface area (Å²) in [5.74, 6) is -1.11. The van der Waals surface area contributed by atoms with Crippen LogP contribution in [0.3, 0.4) is 0 Å². The minimum Gasteiger partial charge on any atom is -0.327 e. The van der Waals surface area contributed by atoms with Crippen LogP contribution in [-0.2, 0) is 0 Å². The molecule has 0 saturated carbocycles. The molecule has 2 rings (SSSR count). The largest absolute Gasteiger partial charge is 0.327 e. The predicted octanol–water partition coefficient (Wildman–Crippen LogP) is 4.21. The molecule has 0 saturated heterocycles. The average Bonchev–Trinajstić information content (AvgIpc) is 2.80. The SMILES string of the molecule is CC(N)C(Sc1ccc(F)cc1F)c1ccsc1. The van der Waals surface area contributed by atoms with Crippen LogP contribution in [0, 0.1) is 11.6 Å². The third-order valence-electron chi connectivity index (χ3n) is 2.50. The molecule has 2 aromatic rings. The smallest absolute Gasteiger partial charge is 0.139 e. The van der Waals surface area contributed by atoms with Crippen molar-refractivity contribution in [2.45, 2.75) is 23.1 Å². The highest BCUT2D eigenvalue weighted by atomic mass is 32.2. The quantitative estimate of drug-likeness (QED) is 0.852. The molecule has 0 aliphatic rings. The second kappa shape index (κ2) is 5.82. The Hall–Kier alpha value is -0.910. The lowest BCUT2D eigenvalue weighted by Gasteiger charge is -2.19. The van der Waals surface area contributed by atoms with Crippen molar-refractivity contribution >= 4 is 23.1 Å². The topological polar surface area (TPSA) is 26.0 Å². The molecule has 0 spiro atoms. The summed E-state index contributed by atoms with van der Waals surface area (Å²) in [5, 5.41) is 3.94. The lowest BCUT2D eigenvalue weighted by Crippen LogP contribution is -2.22. The van der Waals surface area contributed by atoms with Gasteiger partial charge >= 0.3 is 0 Å². The fourth-order valence-corrected chi connectivity index (χ4v) is 3.50. The first-order valence-electron chi connectivity index (χ1n) is 5.47. The number of hydrogen-bond donors (Lipinski definition) is 1. The monoisotopic (exact) mass is 285 g/mol. The van der Waals surface area contributed by atoms with Crippen LogP contribution >= 0.6 is 23.1 Å². The highest BCUT2D eigenvalue weighted by molar-refractivity contribution is 7.99. The summed E-state index contributed by atoms with van der Waals surface area (Å²) < 4.78 is 26.5. The Morgan fingerprint density at radius 1 is 1.28 bits per heavy atom. The lowest BCUT2D eigenvalue weighted by molar-refractivity contribution is 0.565. The Labute approximate surface area is 113 Å². The van der Waals surface area contributed by atoms with Gasteiger partial charge in [0.25, 0.3) is 0 Å². The van der Waals surface area contributed by atoms with Crippen molar-refractivity contribution in [1.29, 1.82) is 0 Å². The van der Waals surface area contributed by atoms with Crippen LogP contribution in [0.4, 0.5) is 8.78 Å². The van der Waals surface area contributed by atoms with E-state index in [1.807, 2.05) is 23.8 Å². The third kappa shape index (κ3) is 3.10. The van der Waals surface area contributed by atoms with Gasteiger partial charge in [0.2, 0.25) is 0 Å². The summed E-state index contributed by atoms with van der Waals surface area (Å²) in [4.78, 5) is 0.421. The average molecular weight is 285 g/mol. The van der Waals surface area contributed by atoms with E-state index in [0.29, 0.717) is 4.90 Å². The molecule has 1 nitrogen and oxygen atoms in total. The molecule has 2 unspecified atom stereocenters. The van der Waals surface area contributed by atoms with E-state index in [1.54, 1.807) is 11.3 Å². The first kappa shape index (κ1) is 13.5. The van der Waals surface area contributed by atoms with E-state index in [1.165, 1.54) is 23.9 Å². The molecule has 0 bridgehead atoms. The van der Waals surface area contributed by atoms with E-state index in [9.17, 15) is 8.78 Å². The maximum Gasteiger partial charge on any atom is 0.139 e. The van der Waals surface area contributed by atoms with Gasteiger partial charge < -0.3 is 5.73 Å². The van der Waals surface area contributed by atoms with E-state index in [2.05, 4.69) is 0 Å². The van der Waals surface area contributed by atoms with Crippen molar-refractivity contribution in [2.24, 2.45) is 5.73 Å². The first-order valence-corrected chi connectivity index (χ1v) is 7.29. The molecule has 96 valence electrons. The van der Waals surface area contributed by atoms with Crippen molar-refractivity contribution in [3.8, 4) is 0 Å². The number of hydrogen-bond acceptors (Lipinski definition) is 3. The summed E-state index contributed by atoms with van der Waals surface area (Å²) in [7, 11) is 0. The predicted molar refractivity (Wildman–Crippen MR) is 72.9 cm³/mol. The zero-order chi connectivity index (χ0) is 13.1. The van der Waals surface area contributed by atoms with Gasteiger partial charge in [-0.2, -0.15) is 11.3 Å². The molecule has 0 aliphatic carbocycles. The Bertz CT molecular complexity index is 512. The number of thioether (sulfide) groups is 1. The third-order valence-corrected chi connectivity index (χ3v) is 4.74. The normalized spacial score (nSPS) is 14.4. The zero-order valence-electron chi connectivity index (χ0n) is 9.77. The van der Waals surface area contributed by atoms with Crippen LogP contribution in [0.5, 0.6) is 0 Å². The number of benzene rings is 1. The van der Waals surface area contributed by atoms with Crippen LogP contribution in [0.2, 0.25) is 0 Å². The zero-order valence-corrected chi connectivity index (χ0v) is 11.4. The van der Waals surface area contributed by atoms with Gasteiger partial charge in [-0.1, -0.05) is 0 Å². The molecule has 1 heterocycles. The van der Waals surface area contributed by atoms with Gasteiger partial charge in [0.05, 0.1) is 5.25 Å². The summed E-state index contributed by atoms with van der Waals surface area (Å²) in [6.07, 6.45) is 0. The van der Waals surface area contributed by atoms with E-state index >= 15 is 0 Å². The van der Waals surface area contributed by atoms with Crippen molar-refractivity contribution in [3.05, 3.63) is 52.2 Å². The number of rotatable bonds is 4. The highest BCUT2D eigenvalue weighted by Gasteiger charge is 2.20. The molecule has 18 heavy (non-hydrogen) atoms. The Kier molecular flexibility index (Phi) is 4.37. The highest BCUT2D eigenvalue weighted by Crippen LogP contribution is 2.39. The summed E-state index contributed by atoms with van der Waals surface area (Å²) >= 11 is 2.91. The number of nitrogens with two attached hydrogens (primary N) is 1. The fourth-order valence-electron chi connectivity index (χ4n) is 1.62. The molecular weight excluding hydrogens is 272 g/mol. The van der Waals surface area contributed by atoms with Gasteiger partial charge in [-0.15, -0.1) is 11.8 Å². The molecule has 0 amide bonds. The van der Waals surface area contributed by atoms with E-state index < -0.39 is 11.6 Å². The van der Waals surface area contributed by atoms with E-state index in [4.69, 9.17) is 5.73 Å². The summed E-state index contributed by atoms with van der Waals surface area (Å²) in [5.41, 5.74) is 7.02. The van der Waals surface area contributed by atoms with Crippen molar-refractivity contribution < 1.29 is 8.78 Å². The molecule has 0 radical (unpaired) electrons. The molecule has 2 atom stereocenters. The Morgan fingerprint density at radius 3 is 2.61 bits per heavy atom. The van der Waals surface area contributed by atoms with Crippen molar-refractivity contribution in [2.75, 3.05) is 0 Å². The molecule has 0 aliphatic heterocycles. The van der Waals surface area contributed by atoms with Crippen LogP contribution in [0.1, 0.15) is 17.7 Å². The standard InChI is InChI=1S/C13H13F2NS2/c1-8(16)13(9-4-5-17-7-9)18-12-3-2-10(14)6-11(12)15/h2-8,13H,16H2,1H3. The minimum absolute atomic E-state index is 0.0313. The van der Waals surface area contributed by atoms with Crippen molar-refractivity contribution in [1.82, 2.24) is 0 Å². The minimum atomic E-state index is -0.565. The van der Waals surface area contributed by atoms with Gasteiger partial charge in [-0.25, -0.2) is 8.78 Å². The number of thiophene rings is 1. The Balaban J connectivity index is 2.24. The van der Waals surface area contributed by atoms with E-state index in [0.717, 1.165) is 11.6 Å². The Morgan fingerprint density at radius 2 is 2.06 bits per heavy atom. The van der Waals surface area contributed by atoms with Crippen molar-refractivity contribution in [3.63, 3.8) is 0 Å². The van der Waals surface area contributed by atoms with Crippen LogP contribution in [0.15, 0.2) is 39.9 Å². The molecular formula is C13H13F2NS2. The molecule has 0 fully saturated rings. The molecule has 5 heteroatoms. The summed E-state index contributed by atoms with van der Waals surface area (Å²) in [6, 6.07) is 5.48. The van der Waals surface area contributed by atoms with E-state index in [-0.39, 0.29) is 11.3 Å². The van der Waals surface area contributed by atoms with Crippen LogP contribution < -0.4 is 5.73 Å². The lowest BCUT2D eigenvalue weighted by atomic mass is 10.1. The maximum absolute atomic E-state index is 13.6. The number of halogens is 2. The van der Waals surface area contributed by atoms with Gasteiger partial charge in [0.15, 0.2) is 0 Å². The second-order valence-electron chi connectivity index (χ2n) is 4.03. The summed E-state index contributed by atoms with van der Waals surface area (Å²) in [6.45, 7) is 1.89. The first-order chi connectivity index (χ1) is 8.58. The maximum atomic E-state index is 13.6. The van der Waals surface area contributed by atoms with Gasteiger partial charge in [0.1, 0.15) is 11.6 Å². The molecule has 1 aromatic heterocycles. The van der Waals surface area contributed by atoms with Crippen LogP contribution in [0.25, 0.3) is 0 Å². The van der Waals surface area contributed by atoms with Gasteiger partial charge in [0, 0.05) is 17.0 Å². The second-order valence-corrected chi connectivity index (χ2v) is 5.99. The van der Waals surface area contributed by atoms with Crippen LogP contribution in [-0.4, -0.2) is 6.04 Å². The van der Waals surface area contributed by atoms with Gasteiger partial charge in [-0.3, -0.25) is 0 Å². The van der Waals surface area contributed by atoms with Gasteiger partial charge in [-0.05, 0) is 41.4 Å². The fraction of sp³-hybridized carbons (Fsp3) is 0.231. The molecule has 2 N–H and O–H groups in total.